The number of carboxylic acids is 1. The molecule has 86 valence electrons. The summed E-state index contributed by atoms with van der Waals surface area (Å²) in [6.45, 7) is 3.00. The van der Waals surface area contributed by atoms with E-state index in [2.05, 4.69) is 4.98 Å². The van der Waals surface area contributed by atoms with E-state index in [1.54, 1.807) is 6.07 Å². The second kappa shape index (κ2) is 4.09. The molecule has 5 heteroatoms. The maximum atomic E-state index is 11.0. The largest absolute Gasteiger partial charge is 0.478 e. The molecule has 1 saturated heterocycles. The van der Waals surface area contributed by atoms with Crippen LogP contribution in [0.15, 0.2) is 12.3 Å². The predicted octanol–water partition coefficient (Wildman–Crippen LogP) is 0.659. The SMILES string of the molecule is Cc1cc(N2CCC(O)C2)c(C(=O)O)cn1. The standard InChI is InChI=1S/C11H14N2O3/c1-7-4-10(9(5-12-7)11(15)16)13-3-2-8(14)6-13/h4-5,8,14H,2-3,6H2,1H3,(H,15,16). The number of pyridine rings is 1. The molecule has 0 aliphatic carbocycles. The van der Waals surface area contributed by atoms with E-state index >= 15 is 0 Å². The smallest absolute Gasteiger partial charge is 0.339 e. The lowest BCUT2D eigenvalue weighted by molar-refractivity contribution is 0.0697. The average Bonchev–Trinajstić information content (AvgIpc) is 2.64. The summed E-state index contributed by atoms with van der Waals surface area (Å²) in [5, 5.41) is 18.5. The van der Waals surface area contributed by atoms with Gasteiger partial charge < -0.3 is 15.1 Å². The first kappa shape index (κ1) is 10.9. The Morgan fingerprint density at radius 1 is 1.62 bits per heavy atom. The van der Waals surface area contributed by atoms with Crippen LogP contribution in [0.1, 0.15) is 22.5 Å². The Hall–Kier alpha value is -1.62. The molecular weight excluding hydrogens is 208 g/mol. The molecule has 1 unspecified atom stereocenters. The number of anilines is 1. The summed E-state index contributed by atoms with van der Waals surface area (Å²) in [5.74, 6) is -0.983. The summed E-state index contributed by atoms with van der Waals surface area (Å²) in [6, 6.07) is 1.75. The molecule has 1 aliphatic rings. The van der Waals surface area contributed by atoms with Gasteiger partial charge in [0, 0.05) is 25.0 Å². The van der Waals surface area contributed by atoms with Crippen LogP contribution in [0.4, 0.5) is 5.69 Å². The van der Waals surface area contributed by atoms with Gasteiger partial charge in [-0.05, 0) is 19.4 Å². The van der Waals surface area contributed by atoms with Crippen molar-refractivity contribution in [1.29, 1.82) is 0 Å². The summed E-state index contributed by atoms with van der Waals surface area (Å²) in [5.41, 5.74) is 1.62. The van der Waals surface area contributed by atoms with Crippen LogP contribution in [0.25, 0.3) is 0 Å². The lowest BCUT2D eigenvalue weighted by Crippen LogP contribution is -2.23. The summed E-state index contributed by atoms with van der Waals surface area (Å²) >= 11 is 0. The van der Waals surface area contributed by atoms with E-state index in [1.165, 1.54) is 6.20 Å². The fourth-order valence-corrected chi connectivity index (χ4v) is 1.93. The monoisotopic (exact) mass is 222 g/mol. The Labute approximate surface area is 93.3 Å². The van der Waals surface area contributed by atoms with Crippen LogP contribution in [0.2, 0.25) is 0 Å². The molecule has 2 rings (SSSR count). The first-order valence-corrected chi connectivity index (χ1v) is 5.21. The second-order valence-electron chi connectivity index (χ2n) is 4.04. The van der Waals surface area contributed by atoms with Crippen molar-refractivity contribution in [1.82, 2.24) is 4.98 Å². The van der Waals surface area contributed by atoms with Gasteiger partial charge in [-0.15, -0.1) is 0 Å². The fourth-order valence-electron chi connectivity index (χ4n) is 1.93. The molecular formula is C11H14N2O3. The lowest BCUT2D eigenvalue weighted by atomic mass is 10.2. The molecule has 0 radical (unpaired) electrons. The van der Waals surface area contributed by atoms with E-state index < -0.39 is 5.97 Å². The number of aromatic carboxylic acids is 1. The minimum Gasteiger partial charge on any atom is -0.478 e. The van der Waals surface area contributed by atoms with Crippen LogP contribution >= 0.6 is 0 Å². The zero-order valence-electron chi connectivity index (χ0n) is 9.05. The number of nitrogens with zero attached hydrogens (tertiary/aromatic N) is 2. The molecule has 5 nitrogen and oxygen atoms in total. The van der Waals surface area contributed by atoms with Crippen LogP contribution < -0.4 is 4.90 Å². The molecule has 0 aromatic carbocycles. The third-order valence-electron chi connectivity index (χ3n) is 2.75. The van der Waals surface area contributed by atoms with Gasteiger partial charge in [0.15, 0.2) is 0 Å². The molecule has 2 heterocycles. The van der Waals surface area contributed by atoms with Crippen LogP contribution in [-0.2, 0) is 0 Å². The van der Waals surface area contributed by atoms with E-state index in [0.29, 0.717) is 25.2 Å². The summed E-state index contributed by atoms with van der Waals surface area (Å²) in [4.78, 5) is 16.9. The maximum Gasteiger partial charge on any atom is 0.339 e. The number of aliphatic hydroxyl groups excluding tert-OH is 1. The predicted molar refractivity (Wildman–Crippen MR) is 58.8 cm³/mol. The number of carboxylic acid groups (broad SMARTS) is 1. The molecule has 1 fully saturated rings. The van der Waals surface area contributed by atoms with E-state index in [1.807, 2.05) is 11.8 Å². The fraction of sp³-hybridized carbons (Fsp3) is 0.455. The maximum absolute atomic E-state index is 11.0. The second-order valence-corrected chi connectivity index (χ2v) is 4.04. The number of hydrogen-bond donors (Lipinski definition) is 2. The van der Waals surface area contributed by atoms with Crippen molar-refractivity contribution >= 4 is 11.7 Å². The van der Waals surface area contributed by atoms with Crippen LogP contribution in [0, 0.1) is 6.92 Å². The molecule has 0 amide bonds. The molecule has 1 atom stereocenters. The van der Waals surface area contributed by atoms with E-state index in [0.717, 1.165) is 5.69 Å². The molecule has 0 saturated carbocycles. The normalized spacial score (nSPS) is 20.1. The molecule has 1 aromatic heterocycles. The molecule has 2 N–H and O–H groups in total. The van der Waals surface area contributed by atoms with E-state index in [4.69, 9.17) is 5.11 Å². The summed E-state index contributed by atoms with van der Waals surface area (Å²) < 4.78 is 0. The van der Waals surface area contributed by atoms with Gasteiger partial charge in [-0.25, -0.2) is 4.79 Å². The van der Waals surface area contributed by atoms with Gasteiger partial charge in [-0.1, -0.05) is 0 Å². The highest BCUT2D eigenvalue weighted by molar-refractivity contribution is 5.94. The van der Waals surface area contributed by atoms with Gasteiger partial charge in [-0.3, -0.25) is 4.98 Å². The van der Waals surface area contributed by atoms with Crippen LogP contribution in [0.5, 0.6) is 0 Å². The number of aromatic nitrogens is 1. The summed E-state index contributed by atoms with van der Waals surface area (Å²) in [6.07, 6.45) is 1.69. The lowest BCUT2D eigenvalue weighted by Gasteiger charge is -2.20. The highest BCUT2D eigenvalue weighted by Gasteiger charge is 2.24. The Balaban J connectivity index is 2.37. The number of aryl methyl sites for hydroxylation is 1. The van der Waals surface area contributed by atoms with Gasteiger partial charge in [0.2, 0.25) is 0 Å². The third kappa shape index (κ3) is 1.99. The highest BCUT2D eigenvalue weighted by atomic mass is 16.4. The zero-order chi connectivity index (χ0) is 11.7. The number of β-amino-alcohol motifs (C(OH)–C–C–N with tert-alkyl or cyclic N) is 1. The number of rotatable bonds is 2. The van der Waals surface area contributed by atoms with Gasteiger partial charge >= 0.3 is 5.97 Å². The van der Waals surface area contributed by atoms with Crippen molar-refractivity contribution in [3.63, 3.8) is 0 Å². The Kier molecular flexibility index (Phi) is 2.78. The zero-order valence-corrected chi connectivity index (χ0v) is 9.05. The van der Waals surface area contributed by atoms with E-state index in [9.17, 15) is 9.90 Å². The van der Waals surface area contributed by atoms with Gasteiger partial charge in [0.1, 0.15) is 5.56 Å². The topological polar surface area (TPSA) is 73.7 Å². The van der Waals surface area contributed by atoms with Crippen molar-refractivity contribution in [3.05, 3.63) is 23.5 Å². The summed E-state index contributed by atoms with van der Waals surface area (Å²) in [7, 11) is 0. The van der Waals surface area contributed by atoms with Crippen molar-refractivity contribution in [2.75, 3.05) is 18.0 Å². The van der Waals surface area contributed by atoms with Gasteiger partial charge in [0.05, 0.1) is 11.8 Å². The molecule has 16 heavy (non-hydrogen) atoms. The van der Waals surface area contributed by atoms with Crippen molar-refractivity contribution < 1.29 is 15.0 Å². The number of carbonyl (C=O) groups is 1. The van der Waals surface area contributed by atoms with E-state index in [-0.39, 0.29) is 11.7 Å². The first-order valence-electron chi connectivity index (χ1n) is 5.21. The molecule has 1 aromatic rings. The quantitative estimate of drug-likeness (QED) is 0.769. The molecule has 0 spiro atoms. The first-order chi connectivity index (χ1) is 7.58. The van der Waals surface area contributed by atoms with Gasteiger partial charge in [0.25, 0.3) is 0 Å². The highest BCUT2D eigenvalue weighted by Crippen LogP contribution is 2.25. The van der Waals surface area contributed by atoms with Crippen molar-refractivity contribution in [2.45, 2.75) is 19.4 Å². The Morgan fingerprint density at radius 3 is 2.94 bits per heavy atom. The van der Waals surface area contributed by atoms with Gasteiger partial charge in [-0.2, -0.15) is 0 Å². The third-order valence-corrected chi connectivity index (χ3v) is 2.75. The number of hydrogen-bond acceptors (Lipinski definition) is 4. The minimum atomic E-state index is -0.983. The van der Waals surface area contributed by atoms with Crippen LogP contribution in [0.3, 0.4) is 0 Å². The number of aliphatic hydroxyl groups is 1. The minimum absolute atomic E-state index is 0.194. The van der Waals surface area contributed by atoms with Crippen molar-refractivity contribution in [2.24, 2.45) is 0 Å². The molecule has 0 bridgehead atoms. The Morgan fingerprint density at radius 2 is 2.38 bits per heavy atom. The molecule has 1 aliphatic heterocycles. The van der Waals surface area contributed by atoms with Crippen molar-refractivity contribution in [3.8, 4) is 0 Å². The average molecular weight is 222 g/mol. The Bertz CT molecular complexity index is 420. The van der Waals surface area contributed by atoms with Crippen LogP contribution in [-0.4, -0.2) is 40.4 Å².